The van der Waals surface area contributed by atoms with Crippen LogP contribution in [0.1, 0.15) is 48.2 Å². The smallest absolute Gasteiger partial charge is 0.305 e. The van der Waals surface area contributed by atoms with E-state index in [0.29, 0.717) is 17.5 Å². The molecule has 0 spiro atoms. The lowest BCUT2D eigenvalue weighted by molar-refractivity contribution is -0.138. The molecular weight excluding hydrogens is 558 g/mol. The van der Waals surface area contributed by atoms with Gasteiger partial charge in [-0.3, -0.25) is 24.0 Å². The maximum atomic E-state index is 12.6. The molecule has 2 rings (SSSR count). The third kappa shape index (κ3) is 11.0. The highest BCUT2D eigenvalue weighted by atomic mass is 35.5. The van der Waals surface area contributed by atoms with Gasteiger partial charge >= 0.3 is 5.97 Å². The molecule has 222 valence electrons. The van der Waals surface area contributed by atoms with Crippen LogP contribution in [0.4, 0.5) is 5.69 Å². The molecule has 0 saturated carbocycles. The van der Waals surface area contributed by atoms with E-state index in [-0.39, 0.29) is 47.4 Å². The summed E-state index contributed by atoms with van der Waals surface area (Å²) in [6.45, 7) is 5.45. The Labute approximate surface area is 242 Å². The van der Waals surface area contributed by atoms with Crippen LogP contribution in [0.2, 0.25) is 5.02 Å². The van der Waals surface area contributed by atoms with Gasteiger partial charge in [-0.05, 0) is 50.1 Å². The molecule has 0 fully saturated rings. The Morgan fingerprint density at radius 1 is 1.05 bits per heavy atom. The summed E-state index contributed by atoms with van der Waals surface area (Å²) in [7, 11) is 0. The molecule has 2 aromatic carbocycles. The number of carbonyl (C=O) groups is 6. The van der Waals surface area contributed by atoms with Gasteiger partial charge in [-0.1, -0.05) is 36.7 Å². The number of halogens is 1. The van der Waals surface area contributed by atoms with Crippen LogP contribution in [0.5, 0.6) is 5.75 Å². The molecule has 12 nitrogen and oxygen atoms in total. The number of phenols is 1. The SMILES string of the molecule is CC(=O)C(CN(C(=O)CO)c1ccccc1C)NC(=O)c1cc(C)c(O)c(Cl)c1.CCC(=O)NC(C=O)CC(=O)O. The molecule has 13 heteroatoms. The van der Waals surface area contributed by atoms with E-state index in [1.54, 1.807) is 39.0 Å². The van der Waals surface area contributed by atoms with Crippen molar-refractivity contribution in [2.75, 3.05) is 18.1 Å². The second kappa shape index (κ2) is 16.7. The summed E-state index contributed by atoms with van der Waals surface area (Å²) in [5.41, 5.74) is 1.91. The average Bonchev–Trinajstić information content (AvgIpc) is 2.93. The molecule has 0 aliphatic carbocycles. The number of aliphatic hydroxyl groups is 1. The Morgan fingerprint density at radius 3 is 2.17 bits per heavy atom. The number of nitrogens with one attached hydrogen (secondary N) is 2. The number of nitrogens with zero attached hydrogens (tertiary/aromatic N) is 1. The Morgan fingerprint density at radius 2 is 1.68 bits per heavy atom. The number of amides is 3. The van der Waals surface area contributed by atoms with E-state index >= 15 is 0 Å². The summed E-state index contributed by atoms with van der Waals surface area (Å²) >= 11 is 5.93. The highest BCUT2D eigenvalue weighted by molar-refractivity contribution is 6.32. The first-order valence-corrected chi connectivity index (χ1v) is 12.9. The molecule has 5 N–H and O–H groups in total. The van der Waals surface area contributed by atoms with Crippen molar-refractivity contribution in [1.82, 2.24) is 10.6 Å². The van der Waals surface area contributed by atoms with E-state index < -0.39 is 36.5 Å². The van der Waals surface area contributed by atoms with Crippen LogP contribution in [-0.2, 0) is 24.0 Å². The van der Waals surface area contributed by atoms with E-state index in [1.807, 2.05) is 6.07 Å². The molecule has 0 aliphatic heterocycles. The number of anilines is 1. The first kappa shape index (κ1) is 34.7. The Hall–Kier alpha value is -4.29. The number of benzene rings is 2. The van der Waals surface area contributed by atoms with Crippen molar-refractivity contribution in [3.05, 3.63) is 58.1 Å². The number of hydrogen-bond acceptors (Lipinski definition) is 8. The number of carboxylic acid groups (broad SMARTS) is 1. The minimum atomic E-state index is -1.11. The molecule has 0 bridgehead atoms. The average molecular weight is 592 g/mol. The molecule has 3 amide bonds. The van der Waals surface area contributed by atoms with Crippen LogP contribution in [0.25, 0.3) is 0 Å². The van der Waals surface area contributed by atoms with Crippen LogP contribution in [-0.4, -0.2) is 76.3 Å². The molecule has 2 aromatic rings. The number of aliphatic hydroxyl groups excluding tert-OH is 1. The van der Waals surface area contributed by atoms with Crippen molar-refractivity contribution in [1.29, 1.82) is 0 Å². The van der Waals surface area contributed by atoms with E-state index in [0.717, 1.165) is 5.56 Å². The zero-order chi connectivity index (χ0) is 31.3. The largest absolute Gasteiger partial charge is 0.506 e. The van der Waals surface area contributed by atoms with Gasteiger partial charge in [-0.25, -0.2) is 0 Å². The van der Waals surface area contributed by atoms with E-state index in [2.05, 4.69) is 10.6 Å². The van der Waals surface area contributed by atoms with Crippen molar-refractivity contribution in [2.45, 2.75) is 52.6 Å². The van der Waals surface area contributed by atoms with Gasteiger partial charge in [0.2, 0.25) is 5.91 Å². The number of para-hydroxylation sites is 1. The topological polar surface area (TPSA) is 190 Å². The van der Waals surface area contributed by atoms with Gasteiger partial charge in [0.25, 0.3) is 11.8 Å². The van der Waals surface area contributed by atoms with Gasteiger partial charge in [-0.15, -0.1) is 0 Å². The molecule has 0 saturated heterocycles. The van der Waals surface area contributed by atoms with Crippen molar-refractivity contribution in [2.24, 2.45) is 0 Å². The summed E-state index contributed by atoms with van der Waals surface area (Å²) in [6, 6.07) is 7.88. The van der Waals surface area contributed by atoms with Gasteiger partial charge in [0.05, 0.1) is 24.0 Å². The van der Waals surface area contributed by atoms with Crippen molar-refractivity contribution in [3.8, 4) is 5.75 Å². The van der Waals surface area contributed by atoms with Gasteiger partial charge in [0, 0.05) is 17.7 Å². The number of aliphatic carboxylic acids is 1. The molecule has 0 aromatic heterocycles. The van der Waals surface area contributed by atoms with Gasteiger partial charge in [0.1, 0.15) is 24.7 Å². The molecule has 2 atom stereocenters. The molecule has 0 aliphatic rings. The fourth-order valence-corrected chi connectivity index (χ4v) is 3.75. The van der Waals surface area contributed by atoms with E-state index in [1.165, 1.54) is 24.0 Å². The summed E-state index contributed by atoms with van der Waals surface area (Å²) in [4.78, 5) is 69.5. The third-order valence-electron chi connectivity index (χ3n) is 5.75. The first-order chi connectivity index (χ1) is 19.2. The standard InChI is InChI=1S/C21H23ClN2O5.C7H11NO4/c1-12-6-4-5-7-18(12)24(19(27)11-25)10-17(14(3)26)23-21(29)15-8-13(2)20(28)16(22)9-15;1-2-6(10)8-5(4-9)3-7(11)12/h4-9,17,25,28H,10-11H2,1-3H3,(H,23,29);4-5H,2-3H2,1H3,(H,8,10)(H,11,12). The number of aldehydes is 1. The normalized spacial score (nSPS) is 11.7. The maximum Gasteiger partial charge on any atom is 0.305 e. The number of carbonyl (C=O) groups excluding carboxylic acids is 5. The first-order valence-electron chi connectivity index (χ1n) is 12.5. The fraction of sp³-hybridized carbons (Fsp3) is 0.357. The lowest BCUT2D eigenvalue weighted by Gasteiger charge is -2.28. The summed E-state index contributed by atoms with van der Waals surface area (Å²) in [5.74, 6) is -3.08. The molecule has 2 unspecified atom stereocenters. The minimum absolute atomic E-state index is 0.0199. The molecule has 41 heavy (non-hydrogen) atoms. The number of ketones is 1. The highest BCUT2D eigenvalue weighted by Gasteiger charge is 2.26. The predicted octanol–water partition coefficient (Wildman–Crippen LogP) is 1.93. The lowest BCUT2D eigenvalue weighted by Crippen LogP contribution is -2.50. The zero-order valence-corrected chi connectivity index (χ0v) is 23.9. The van der Waals surface area contributed by atoms with Crippen molar-refractivity contribution >= 4 is 53.0 Å². The van der Waals surface area contributed by atoms with Crippen LogP contribution in [0.15, 0.2) is 36.4 Å². The van der Waals surface area contributed by atoms with Crippen LogP contribution in [0, 0.1) is 13.8 Å². The number of aryl methyl sites for hydroxylation is 2. The molecule has 0 radical (unpaired) electrons. The van der Waals surface area contributed by atoms with Crippen molar-refractivity contribution in [3.63, 3.8) is 0 Å². The zero-order valence-electron chi connectivity index (χ0n) is 23.1. The van der Waals surface area contributed by atoms with E-state index in [9.17, 15) is 39.0 Å². The number of aromatic hydroxyl groups is 1. The lowest BCUT2D eigenvalue weighted by atomic mass is 10.1. The van der Waals surface area contributed by atoms with Crippen molar-refractivity contribution < 1.29 is 44.1 Å². The summed E-state index contributed by atoms with van der Waals surface area (Å²) < 4.78 is 0. The van der Waals surface area contributed by atoms with Gasteiger partial charge in [-0.2, -0.15) is 0 Å². The van der Waals surface area contributed by atoms with Gasteiger partial charge in [0.15, 0.2) is 5.78 Å². The third-order valence-corrected chi connectivity index (χ3v) is 6.03. The number of carboxylic acids is 1. The highest BCUT2D eigenvalue weighted by Crippen LogP contribution is 2.28. The number of rotatable bonds is 12. The van der Waals surface area contributed by atoms with Crippen LogP contribution in [0.3, 0.4) is 0 Å². The number of hydrogen-bond donors (Lipinski definition) is 5. The maximum absolute atomic E-state index is 12.6. The molecular formula is C28H34ClN3O9. The summed E-state index contributed by atoms with van der Waals surface area (Å²) in [6.07, 6.45) is 0.293. The molecule has 0 heterocycles. The monoisotopic (exact) mass is 591 g/mol. The summed E-state index contributed by atoms with van der Waals surface area (Å²) in [5, 5.41) is 32.3. The fourth-order valence-electron chi connectivity index (χ4n) is 3.48. The predicted molar refractivity (Wildman–Crippen MR) is 151 cm³/mol. The second-order valence-electron chi connectivity index (χ2n) is 8.97. The van der Waals surface area contributed by atoms with Crippen LogP contribution >= 0.6 is 11.6 Å². The Kier molecular flexibility index (Phi) is 14.2. The van der Waals surface area contributed by atoms with E-state index in [4.69, 9.17) is 16.7 Å². The van der Waals surface area contributed by atoms with Gasteiger partial charge < -0.3 is 35.6 Å². The minimum Gasteiger partial charge on any atom is -0.506 e. The number of phenolic OH excluding ortho intramolecular Hbond substituents is 1. The van der Waals surface area contributed by atoms with Crippen LogP contribution < -0.4 is 15.5 Å². The number of Topliss-reactive ketones (excluding diaryl/α,β-unsaturated/α-hetero) is 1. The second-order valence-corrected chi connectivity index (χ2v) is 9.38. The Bertz CT molecular complexity index is 1260. The Balaban J connectivity index is 0.000000590. The quantitative estimate of drug-likeness (QED) is 0.229.